The van der Waals surface area contributed by atoms with E-state index in [1.165, 1.54) is 4.90 Å². The first-order chi connectivity index (χ1) is 20.4. The predicted molar refractivity (Wildman–Crippen MR) is 164 cm³/mol. The number of hydrogen-bond acceptors (Lipinski definition) is 6. The number of ether oxygens (including phenoxy) is 2. The van der Waals surface area contributed by atoms with Gasteiger partial charge in [0.15, 0.2) is 0 Å². The van der Waals surface area contributed by atoms with Crippen LogP contribution in [0.15, 0.2) is 53.5 Å². The number of nitrogens with one attached hydrogen (secondary N) is 2. The number of benzene rings is 2. The SMILES string of the molecule is CCC1(CC)CC(=O)N([C@H](CCOC)c2cccc(C(=O)N[C@@H]3c4ccccc4C[C@H]3O)c2)/C(=N\C(=O)OC(C)(C)C)N1. The Balaban J connectivity index is 1.68. The molecule has 0 saturated carbocycles. The van der Waals surface area contributed by atoms with Gasteiger partial charge in [0, 0.05) is 31.2 Å². The topological polar surface area (TPSA) is 130 Å². The summed E-state index contributed by atoms with van der Waals surface area (Å²) in [5.41, 5.74) is 1.67. The van der Waals surface area contributed by atoms with Gasteiger partial charge >= 0.3 is 6.09 Å². The zero-order chi connectivity index (χ0) is 31.4. The first kappa shape index (κ1) is 32.2. The summed E-state index contributed by atoms with van der Waals surface area (Å²) in [6.07, 6.45) is 0.875. The lowest BCUT2D eigenvalue weighted by Gasteiger charge is -2.45. The van der Waals surface area contributed by atoms with Gasteiger partial charge in [-0.3, -0.25) is 14.5 Å². The van der Waals surface area contributed by atoms with Gasteiger partial charge < -0.3 is 25.2 Å². The number of carbonyl (C=O) groups excluding carboxylic acids is 3. The lowest BCUT2D eigenvalue weighted by molar-refractivity contribution is -0.133. The number of amides is 3. The summed E-state index contributed by atoms with van der Waals surface area (Å²) in [4.78, 5) is 46.0. The van der Waals surface area contributed by atoms with Crippen LogP contribution in [0.4, 0.5) is 4.79 Å². The molecule has 0 radical (unpaired) electrons. The second-order valence-corrected chi connectivity index (χ2v) is 12.3. The van der Waals surface area contributed by atoms with Crippen LogP contribution in [-0.4, -0.2) is 64.8 Å². The molecule has 3 N–H and O–H groups in total. The van der Waals surface area contributed by atoms with Crippen molar-refractivity contribution in [3.05, 3.63) is 70.8 Å². The highest BCUT2D eigenvalue weighted by Crippen LogP contribution is 2.34. The molecule has 3 atom stereocenters. The lowest BCUT2D eigenvalue weighted by Crippen LogP contribution is -2.63. The molecule has 1 aliphatic heterocycles. The van der Waals surface area contributed by atoms with Crippen molar-refractivity contribution < 1.29 is 29.0 Å². The molecule has 1 aliphatic carbocycles. The van der Waals surface area contributed by atoms with Crippen molar-refractivity contribution >= 4 is 23.9 Å². The predicted octanol–water partition coefficient (Wildman–Crippen LogP) is 4.82. The van der Waals surface area contributed by atoms with Crippen molar-refractivity contribution in [2.45, 2.75) is 96.1 Å². The Hall–Kier alpha value is -3.76. The molecule has 0 aromatic heterocycles. The van der Waals surface area contributed by atoms with Gasteiger partial charge in [-0.1, -0.05) is 50.2 Å². The summed E-state index contributed by atoms with van der Waals surface area (Å²) in [5.74, 6) is -0.405. The van der Waals surface area contributed by atoms with E-state index in [1.807, 2.05) is 44.2 Å². The molecule has 1 saturated heterocycles. The molecule has 10 heteroatoms. The largest absolute Gasteiger partial charge is 0.442 e. The normalized spacial score (nSPS) is 21.2. The van der Waals surface area contributed by atoms with Crippen molar-refractivity contribution in [1.82, 2.24) is 15.5 Å². The number of carbonyl (C=O) groups is 3. The highest BCUT2D eigenvalue weighted by Gasteiger charge is 2.43. The second-order valence-electron chi connectivity index (χ2n) is 12.3. The minimum atomic E-state index is -0.801. The van der Waals surface area contributed by atoms with E-state index in [1.54, 1.807) is 46.1 Å². The van der Waals surface area contributed by atoms with Crippen molar-refractivity contribution in [1.29, 1.82) is 0 Å². The van der Waals surface area contributed by atoms with Gasteiger partial charge in [-0.05, 0) is 68.9 Å². The van der Waals surface area contributed by atoms with Crippen LogP contribution in [-0.2, 0) is 20.7 Å². The van der Waals surface area contributed by atoms with Crippen molar-refractivity contribution in [2.24, 2.45) is 4.99 Å². The molecular weight excluding hydrogens is 548 g/mol. The summed E-state index contributed by atoms with van der Waals surface area (Å²) in [6.45, 7) is 9.58. The van der Waals surface area contributed by atoms with E-state index in [-0.39, 0.29) is 24.2 Å². The highest BCUT2D eigenvalue weighted by atomic mass is 16.6. The minimum absolute atomic E-state index is 0.121. The van der Waals surface area contributed by atoms with Gasteiger partial charge in [0.1, 0.15) is 5.60 Å². The number of guanidine groups is 1. The van der Waals surface area contributed by atoms with Crippen LogP contribution >= 0.6 is 0 Å². The number of fused-ring (bicyclic) bond motifs is 1. The molecule has 10 nitrogen and oxygen atoms in total. The third kappa shape index (κ3) is 7.43. The van der Waals surface area contributed by atoms with E-state index in [0.717, 1.165) is 11.1 Å². The highest BCUT2D eigenvalue weighted by molar-refractivity contribution is 6.04. The summed E-state index contributed by atoms with van der Waals surface area (Å²) in [7, 11) is 1.58. The number of aliphatic hydroxyl groups is 1. The van der Waals surface area contributed by atoms with E-state index >= 15 is 0 Å². The zero-order valence-electron chi connectivity index (χ0n) is 26.0. The number of rotatable bonds is 9. The summed E-state index contributed by atoms with van der Waals surface area (Å²) in [6, 6.07) is 13.6. The Morgan fingerprint density at radius 1 is 1.16 bits per heavy atom. The van der Waals surface area contributed by atoms with E-state index in [2.05, 4.69) is 15.6 Å². The third-order valence-electron chi connectivity index (χ3n) is 8.24. The van der Waals surface area contributed by atoms with Crippen molar-refractivity contribution in [3.63, 3.8) is 0 Å². The zero-order valence-corrected chi connectivity index (χ0v) is 26.0. The molecule has 232 valence electrons. The molecule has 43 heavy (non-hydrogen) atoms. The van der Waals surface area contributed by atoms with Crippen LogP contribution in [0.3, 0.4) is 0 Å². The fourth-order valence-corrected chi connectivity index (χ4v) is 5.82. The van der Waals surface area contributed by atoms with Crippen LogP contribution in [0.2, 0.25) is 0 Å². The summed E-state index contributed by atoms with van der Waals surface area (Å²) >= 11 is 0. The van der Waals surface area contributed by atoms with E-state index in [9.17, 15) is 19.5 Å². The molecule has 4 rings (SSSR count). The van der Waals surface area contributed by atoms with Crippen molar-refractivity contribution in [2.75, 3.05) is 13.7 Å². The molecule has 2 aromatic rings. The van der Waals surface area contributed by atoms with Gasteiger partial charge in [-0.15, -0.1) is 4.99 Å². The van der Waals surface area contributed by atoms with Gasteiger partial charge in [0.25, 0.3) is 5.91 Å². The number of hydrogen-bond donors (Lipinski definition) is 3. The maximum atomic E-state index is 13.9. The number of methoxy groups -OCH3 is 1. The van der Waals surface area contributed by atoms with Crippen molar-refractivity contribution in [3.8, 4) is 0 Å². The van der Waals surface area contributed by atoms with Gasteiger partial charge in [0.2, 0.25) is 11.9 Å². The third-order valence-corrected chi connectivity index (χ3v) is 8.24. The first-order valence-corrected chi connectivity index (χ1v) is 15.0. The minimum Gasteiger partial charge on any atom is -0.442 e. The molecule has 0 spiro atoms. The van der Waals surface area contributed by atoms with Crippen LogP contribution < -0.4 is 10.6 Å². The van der Waals surface area contributed by atoms with E-state index in [0.29, 0.717) is 43.4 Å². The number of nitrogens with zero attached hydrogens (tertiary/aromatic N) is 2. The molecular formula is C33H44N4O6. The maximum absolute atomic E-state index is 13.9. The molecule has 1 fully saturated rings. The molecule has 1 heterocycles. The Bertz CT molecular complexity index is 1360. The molecule has 2 aromatic carbocycles. The van der Waals surface area contributed by atoms with Crippen LogP contribution in [0.5, 0.6) is 0 Å². The standard InChI is InChI=1S/C33H44N4O6/c1-7-33(8-2)20-27(39)37(30(36-33)35-31(41)43-32(3,4)5)25(16-17-42-6)22-13-11-14-23(18-22)29(40)34-28-24-15-10-9-12-21(24)19-26(28)38/h9-15,18,25-26,28,38H,7-8,16-17,19-20H2,1-6H3,(H,34,40)(H,35,36,41)/t25-,26-,28-/m1/s1. The number of aliphatic hydroxyl groups excluding tert-OH is 1. The lowest BCUT2D eigenvalue weighted by atomic mass is 9.86. The van der Waals surface area contributed by atoms with Crippen LogP contribution in [0.1, 0.15) is 99.4 Å². The fraction of sp³-hybridized carbons (Fsp3) is 0.515. The second kappa shape index (κ2) is 13.3. The van der Waals surface area contributed by atoms with Crippen LogP contribution in [0.25, 0.3) is 0 Å². The molecule has 0 bridgehead atoms. The Morgan fingerprint density at radius 3 is 2.56 bits per heavy atom. The Labute approximate surface area is 253 Å². The fourth-order valence-electron chi connectivity index (χ4n) is 5.82. The van der Waals surface area contributed by atoms with E-state index in [4.69, 9.17) is 9.47 Å². The maximum Gasteiger partial charge on any atom is 0.437 e. The Kier molecular flexibility index (Phi) is 9.92. The van der Waals surface area contributed by atoms with Gasteiger partial charge in [-0.2, -0.15) is 0 Å². The van der Waals surface area contributed by atoms with Gasteiger partial charge in [0.05, 0.1) is 24.6 Å². The molecule has 3 amide bonds. The number of aliphatic imine (C=N–C) groups is 1. The average Bonchev–Trinajstić information content (AvgIpc) is 3.27. The molecule has 0 unspecified atom stereocenters. The monoisotopic (exact) mass is 592 g/mol. The smallest absolute Gasteiger partial charge is 0.437 e. The quantitative estimate of drug-likeness (QED) is 0.381. The molecule has 2 aliphatic rings. The summed E-state index contributed by atoms with van der Waals surface area (Å²) in [5, 5.41) is 17.1. The van der Waals surface area contributed by atoms with E-state index < -0.39 is 35.4 Å². The summed E-state index contributed by atoms with van der Waals surface area (Å²) < 4.78 is 10.9. The first-order valence-electron chi connectivity index (χ1n) is 15.0. The van der Waals surface area contributed by atoms with Crippen LogP contribution in [0, 0.1) is 0 Å². The van der Waals surface area contributed by atoms with Gasteiger partial charge in [-0.25, -0.2) is 4.79 Å². The average molecular weight is 593 g/mol. The Morgan fingerprint density at radius 2 is 1.88 bits per heavy atom.